The first kappa shape index (κ1) is 20.5. The lowest BCUT2D eigenvalue weighted by molar-refractivity contribution is -0.145. The zero-order valence-corrected chi connectivity index (χ0v) is 18.2. The van der Waals surface area contributed by atoms with Crippen molar-refractivity contribution in [3.05, 3.63) is 58.1 Å². The summed E-state index contributed by atoms with van der Waals surface area (Å²) >= 11 is 1.71. The van der Waals surface area contributed by atoms with Crippen molar-refractivity contribution in [3.8, 4) is 0 Å². The van der Waals surface area contributed by atoms with Crippen LogP contribution in [0.3, 0.4) is 0 Å². The number of aliphatic carboxylic acids is 1. The first-order chi connectivity index (χ1) is 15.0. The van der Waals surface area contributed by atoms with Gasteiger partial charge in [0.05, 0.1) is 0 Å². The number of thiophene rings is 1. The molecule has 5 nitrogen and oxygen atoms in total. The number of nitrogens with one attached hydrogen (secondary N) is 1. The largest absolute Gasteiger partial charge is 0.480 e. The molecule has 2 aliphatic rings. The summed E-state index contributed by atoms with van der Waals surface area (Å²) < 4.78 is 13.1. The highest BCUT2D eigenvalue weighted by atomic mass is 32.1. The van der Waals surface area contributed by atoms with Crippen LogP contribution in [0.1, 0.15) is 60.4 Å². The quantitative estimate of drug-likeness (QED) is 0.599. The molecule has 1 aromatic carbocycles. The Labute approximate surface area is 184 Å². The molecular weight excluding hydrogens is 413 g/mol. The summed E-state index contributed by atoms with van der Waals surface area (Å²) in [6.45, 7) is 0.647. The first-order valence-corrected chi connectivity index (χ1v) is 11.9. The maximum atomic E-state index is 13.1. The van der Waals surface area contributed by atoms with Gasteiger partial charge < -0.3 is 10.4 Å². The molecule has 0 aliphatic heterocycles. The third-order valence-corrected chi connectivity index (χ3v) is 8.10. The highest BCUT2D eigenvalue weighted by Gasteiger charge is 2.46. The van der Waals surface area contributed by atoms with Gasteiger partial charge in [-0.05, 0) is 74.6 Å². The van der Waals surface area contributed by atoms with Crippen LogP contribution >= 0.6 is 11.3 Å². The predicted octanol–water partition coefficient (Wildman–Crippen LogP) is 4.76. The Kier molecular flexibility index (Phi) is 5.48. The van der Waals surface area contributed by atoms with Crippen molar-refractivity contribution >= 4 is 27.5 Å². The van der Waals surface area contributed by atoms with Gasteiger partial charge in [-0.1, -0.05) is 12.1 Å². The van der Waals surface area contributed by atoms with Crippen LogP contribution in [-0.4, -0.2) is 27.1 Å². The molecule has 7 heteroatoms. The van der Waals surface area contributed by atoms with Crippen molar-refractivity contribution in [2.24, 2.45) is 0 Å². The maximum absolute atomic E-state index is 13.1. The Bertz CT molecular complexity index is 1100. The lowest BCUT2D eigenvalue weighted by Crippen LogP contribution is -2.45. The summed E-state index contributed by atoms with van der Waals surface area (Å²) in [6, 6.07) is 6.70. The molecule has 3 aromatic rings. The van der Waals surface area contributed by atoms with Gasteiger partial charge in [-0.3, -0.25) is 4.79 Å². The number of fused-ring (bicyclic) bond motifs is 3. The Hall–Kier alpha value is -2.38. The second-order valence-corrected chi connectivity index (χ2v) is 9.88. The van der Waals surface area contributed by atoms with Gasteiger partial charge in [-0.25, -0.2) is 14.4 Å². The van der Waals surface area contributed by atoms with Gasteiger partial charge in [0.2, 0.25) is 0 Å². The number of hydrogen-bond acceptors (Lipinski definition) is 5. The van der Waals surface area contributed by atoms with E-state index in [4.69, 9.17) is 4.98 Å². The van der Waals surface area contributed by atoms with E-state index in [-0.39, 0.29) is 11.9 Å². The van der Waals surface area contributed by atoms with Crippen molar-refractivity contribution in [3.63, 3.8) is 0 Å². The molecule has 0 amide bonds. The summed E-state index contributed by atoms with van der Waals surface area (Å²) in [4.78, 5) is 24.1. The SMILES string of the molecule is O=C(O)C1(c2ncc3c4c(sc3n2)CCCC4)CCC(NCc2ccc(F)cc2)CC1. The Morgan fingerprint density at radius 1 is 1.19 bits per heavy atom. The van der Waals surface area contributed by atoms with Crippen LogP contribution in [-0.2, 0) is 29.6 Å². The molecular formula is C24H26FN3O2S. The standard InChI is InChI=1S/C24H26FN3O2S/c25-16-7-5-15(6-8-16)13-26-17-9-11-24(12-10-17,23(29)30)22-27-14-19-18-3-1-2-4-20(18)31-21(19)28-22/h5-8,14,17,26H,1-4,9-13H2,(H,29,30). The molecule has 162 valence electrons. The predicted molar refractivity (Wildman–Crippen MR) is 119 cm³/mol. The molecule has 2 heterocycles. The third kappa shape index (κ3) is 3.85. The number of halogens is 1. The topological polar surface area (TPSA) is 75.1 Å². The Morgan fingerprint density at radius 2 is 1.94 bits per heavy atom. The molecule has 0 spiro atoms. The van der Waals surface area contributed by atoms with Gasteiger partial charge >= 0.3 is 5.97 Å². The molecule has 31 heavy (non-hydrogen) atoms. The summed E-state index contributed by atoms with van der Waals surface area (Å²) in [5, 5.41) is 14.8. The zero-order valence-electron chi connectivity index (χ0n) is 17.4. The van der Waals surface area contributed by atoms with Crippen LogP contribution in [0.25, 0.3) is 10.2 Å². The molecule has 2 aliphatic carbocycles. The molecule has 2 N–H and O–H groups in total. The number of carboxylic acid groups (broad SMARTS) is 1. The highest BCUT2D eigenvalue weighted by Crippen LogP contribution is 2.41. The first-order valence-electron chi connectivity index (χ1n) is 11.0. The number of benzene rings is 1. The minimum Gasteiger partial charge on any atom is -0.480 e. The van der Waals surface area contributed by atoms with E-state index in [9.17, 15) is 14.3 Å². The number of aryl methyl sites for hydroxylation is 2. The monoisotopic (exact) mass is 439 g/mol. The minimum absolute atomic E-state index is 0.232. The third-order valence-electron chi connectivity index (χ3n) is 6.90. The lowest BCUT2D eigenvalue weighted by Gasteiger charge is -2.36. The Morgan fingerprint density at radius 3 is 2.68 bits per heavy atom. The minimum atomic E-state index is -1.02. The van der Waals surface area contributed by atoms with Gasteiger partial charge in [0.25, 0.3) is 0 Å². The van der Waals surface area contributed by atoms with Crippen LogP contribution in [0.4, 0.5) is 4.39 Å². The fourth-order valence-electron chi connectivity index (χ4n) is 4.99. The summed E-state index contributed by atoms with van der Waals surface area (Å²) in [5.41, 5.74) is 1.37. The van der Waals surface area contributed by atoms with Crippen molar-refractivity contribution in [2.75, 3.05) is 0 Å². The second kappa shape index (κ2) is 8.28. The average molecular weight is 440 g/mol. The molecule has 0 radical (unpaired) electrons. The van der Waals surface area contributed by atoms with Gasteiger partial charge in [-0.15, -0.1) is 11.3 Å². The normalized spacial score (nSPS) is 23.6. The fraction of sp³-hybridized carbons (Fsp3) is 0.458. The smallest absolute Gasteiger partial charge is 0.317 e. The average Bonchev–Trinajstić information content (AvgIpc) is 3.17. The highest BCUT2D eigenvalue weighted by molar-refractivity contribution is 7.18. The van der Waals surface area contributed by atoms with E-state index in [2.05, 4.69) is 10.3 Å². The van der Waals surface area contributed by atoms with Crippen molar-refractivity contribution < 1.29 is 14.3 Å². The molecule has 5 rings (SSSR count). The molecule has 2 aromatic heterocycles. The molecule has 0 bridgehead atoms. The van der Waals surface area contributed by atoms with Gasteiger partial charge in [0.1, 0.15) is 21.9 Å². The fourth-order valence-corrected chi connectivity index (χ4v) is 6.22. The number of nitrogens with zero attached hydrogens (tertiary/aromatic N) is 2. The summed E-state index contributed by atoms with van der Waals surface area (Å²) in [6.07, 6.45) is 8.96. The van der Waals surface area contributed by atoms with Crippen LogP contribution in [0.15, 0.2) is 30.5 Å². The lowest BCUT2D eigenvalue weighted by atomic mass is 9.71. The number of aromatic nitrogens is 2. The number of rotatable bonds is 5. The van der Waals surface area contributed by atoms with Crippen LogP contribution in [0.5, 0.6) is 0 Å². The van der Waals surface area contributed by atoms with Crippen molar-refractivity contribution in [1.82, 2.24) is 15.3 Å². The summed E-state index contributed by atoms with van der Waals surface area (Å²) in [7, 11) is 0. The molecule has 0 atom stereocenters. The zero-order chi connectivity index (χ0) is 21.4. The van der Waals surface area contributed by atoms with Crippen molar-refractivity contribution in [2.45, 2.75) is 69.4 Å². The van der Waals surface area contributed by atoms with E-state index in [1.165, 1.54) is 35.4 Å². The molecule has 0 saturated heterocycles. The maximum Gasteiger partial charge on any atom is 0.317 e. The van der Waals surface area contributed by atoms with E-state index in [1.807, 2.05) is 6.20 Å². The van der Waals surface area contributed by atoms with Crippen LogP contribution in [0.2, 0.25) is 0 Å². The van der Waals surface area contributed by atoms with Crippen molar-refractivity contribution in [1.29, 1.82) is 0 Å². The van der Waals surface area contributed by atoms with Gasteiger partial charge in [0, 0.05) is 29.0 Å². The van der Waals surface area contributed by atoms with Crippen LogP contribution in [0, 0.1) is 5.82 Å². The van der Waals surface area contributed by atoms with E-state index < -0.39 is 11.4 Å². The Balaban J connectivity index is 1.32. The van der Waals surface area contributed by atoms with Gasteiger partial charge in [-0.2, -0.15) is 0 Å². The van der Waals surface area contributed by atoms with E-state index >= 15 is 0 Å². The van der Waals surface area contributed by atoms with E-state index in [1.54, 1.807) is 23.5 Å². The summed E-state index contributed by atoms with van der Waals surface area (Å²) in [5.74, 6) is -0.607. The van der Waals surface area contributed by atoms with E-state index in [0.29, 0.717) is 25.2 Å². The molecule has 0 unspecified atom stereocenters. The number of carbonyl (C=O) groups is 1. The van der Waals surface area contributed by atoms with Gasteiger partial charge in [0.15, 0.2) is 0 Å². The molecule has 1 fully saturated rings. The number of carboxylic acids is 1. The molecule has 1 saturated carbocycles. The van der Waals surface area contributed by atoms with Crippen LogP contribution < -0.4 is 5.32 Å². The second-order valence-electron chi connectivity index (χ2n) is 8.79. The van der Waals surface area contributed by atoms with E-state index in [0.717, 1.165) is 41.5 Å². The number of hydrogen-bond donors (Lipinski definition) is 2.